The molecular weight excluding hydrogens is 372 g/mol. The van der Waals surface area contributed by atoms with E-state index in [4.69, 9.17) is 20.8 Å². The van der Waals surface area contributed by atoms with Gasteiger partial charge in [0.15, 0.2) is 6.61 Å². The first kappa shape index (κ1) is 15.7. The van der Waals surface area contributed by atoms with Crippen molar-refractivity contribution in [2.24, 2.45) is 0 Å². The fourth-order valence-corrected chi connectivity index (χ4v) is 4.51. The molecule has 0 saturated heterocycles. The van der Waals surface area contributed by atoms with Gasteiger partial charge in [-0.1, -0.05) is 11.6 Å². The fourth-order valence-electron chi connectivity index (χ4n) is 3.16. The van der Waals surface area contributed by atoms with Crippen molar-refractivity contribution in [3.63, 3.8) is 0 Å². The van der Waals surface area contributed by atoms with Gasteiger partial charge in [-0.3, -0.25) is 0 Å². The minimum Gasteiger partial charge on any atom is -0.467 e. The SMILES string of the molecule is Clc1ccc(-c2nnc(COc3ncnc4sc5c(c34)CCC5)o2)cc1. The summed E-state index contributed by atoms with van der Waals surface area (Å²) < 4.78 is 11.6. The van der Waals surface area contributed by atoms with Crippen LogP contribution >= 0.6 is 22.9 Å². The Bertz CT molecular complexity index is 1090. The van der Waals surface area contributed by atoms with Crippen LogP contribution in [-0.4, -0.2) is 20.2 Å². The molecule has 0 aliphatic heterocycles. The minimum absolute atomic E-state index is 0.164. The third-order valence-corrected chi connectivity index (χ3v) is 5.81. The average Bonchev–Trinajstić information content (AvgIpc) is 3.36. The third kappa shape index (κ3) is 2.73. The van der Waals surface area contributed by atoms with E-state index in [1.54, 1.807) is 23.5 Å². The molecule has 0 unspecified atom stereocenters. The molecule has 1 aromatic carbocycles. The maximum absolute atomic E-state index is 5.90. The van der Waals surface area contributed by atoms with E-state index >= 15 is 0 Å². The zero-order valence-electron chi connectivity index (χ0n) is 13.6. The molecule has 130 valence electrons. The van der Waals surface area contributed by atoms with Crippen LogP contribution in [0.15, 0.2) is 35.0 Å². The van der Waals surface area contributed by atoms with Crippen molar-refractivity contribution in [2.45, 2.75) is 25.9 Å². The fraction of sp³-hybridized carbons (Fsp3) is 0.222. The van der Waals surface area contributed by atoms with Gasteiger partial charge in [-0.25, -0.2) is 9.97 Å². The highest BCUT2D eigenvalue weighted by molar-refractivity contribution is 7.18. The van der Waals surface area contributed by atoms with Crippen molar-refractivity contribution in [3.05, 3.63) is 51.9 Å². The number of ether oxygens (including phenoxy) is 1. The second-order valence-electron chi connectivity index (χ2n) is 6.01. The maximum Gasteiger partial charge on any atom is 0.254 e. The monoisotopic (exact) mass is 384 g/mol. The molecule has 0 N–H and O–H groups in total. The number of benzene rings is 1. The van der Waals surface area contributed by atoms with Gasteiger partial charge in [0.05, 0.1) is 5.39 Å². The Morgan fingerprint density at radius 1 is 1.12 bits per heavy atom. The van der Waals surface area contributed by atoms with E-state index in [2.05, 4.69) is 20.2 Å². The number of thiophene rings is 1. The first-order valence-corrected chi connectivity index (χ1v) is 9.44. The quantitative estimate of drug-likeness (QED) is 0.517. The lowest BCUT2D eigenvalue weighted by Gasteiger charge is -2.04. The molecule has 0 bridgehead atoms. The molecular formula is C18H13ClN4O2S. The van der Waals surface area contributed by atoms with Crippen LogP contribution < -0.4 is 4.74 Å². The molecule has 0 atom stereocenters. The Kier molecular flexibility index (Phi) is 3.83. The van der Waals surface area contributed by atoms with Crippen LogP contribution in [0.4, 0.5) is 0 Å². The lowest BCUT2D eigenvalue weighted by atomic mass is 10.2. The molecule has 4 aromatic rings. The molecule has 3 heterocycles. The van der Waals surface area contributed by atoms with Gasteiger partial charge in [0.2, 0.25) is 11.8 Å². The Morgan fingerprint density at radius 2 is 2.00 bits per heavy atom. The molecule has 0 saturated carbocycles. The summed E-state index contributed by atoms with van der Waals surface area (Å²) in [7, 11) is 0. The summed E-state index contributed by atoms with van der Waals surface area (Å²) in [6, 6.07) is 7.24. The molecule has 8 heteroatoms. The third-order valence-electron chi connectivity index (χ3n) is 4.36. The summed E-state index contributed by atoms with van der Waals surface area (Å²) >= 11 is 7.63. The van der Waals surface area contributed by atoms with E-state index in [-0.39, 0.29) is 6.61 Å². The van der Waals surface area contributed by atoms with Crippen molar-refractivity contribution in [3.8, 4) is 17.3 Å². The van der Waals surface area contributed by atoms with Gasteiger partial charge in [0.1, 0.15) is 11.2 Å². The van der Waals surface area contributed by atoms with Crippen LogP contribution in [0, 0.1) is 0 Å². The second-order valence-corrected chi connectivity index (χ2v) is 7.53. The van der Waals surface area contributed by atoms with Crippen molar-refractivity contribution < 1.29 is 9.15 Å². The number of hydrogen-bond donors (Lipinski definition) is 0. The molecule has 0 fully saturated rings. The van der Waals surface area contributed by atoms with Crippen molar-refractivity contribution in [2.75, 3.05) is 0 Å². The van der Waals surface area contributed by atoms with Crippen LogP contribution in [0.5, 0.6) is 5.88 Å². The highest BCUT2D eigenvalue weighted by atomic mass is 35.5. The predicted molar refractivity (Wildman–Crippen MR) is 98.5 cm³/mol. The second kappa shape index (κ2) is 6.34. The van der Waals surface area contributed by atoms with Crippen LogP contribution in [-0.2, 0) is 19.4 Å². The summed E-state index contributed by atoms with van der Waals surface area (Å²) in [4.78, 5) is 11.1. The normalized spacial score (nSPS) is 13.3. The van der Waals surface area contributed by atoms with E-state index in [0.717, 1.165) is 28.6 Å². The Morgan fingerprint density at radius 3 is 2.88 bits per heavy atom. The van der Waals surface area contributed by atoms with Crippen LogP contribution in [0.3, 0.4) is 0 Å². The molecule has 26 heavy (non-hydrogen) atoms. The maximum atomic E-state index is 5.90. The number of fused-ring (bicyclic) bond motifs is 3. The standard InChI is InChI=1S/C18H13ClN4O2S/c19-11-6-4-10(5-7-11)16-23-22-14(25-16)8-24-17-15-12-2-1-3-13(12)26-18(15)21-9-20-17/h4-7,9H,1-3,8H2. The lowest BCUT2D eigenvalue weighted by molar-refractivity contribution is 0.258. The van der Waals surface area contributed by atoms with Crippen LogP contribution in [0.1, 0.15) is 22.8 Å². The molecule has 6 nitrogen and oxygen atoms in total. The summed E-state index contributed by atoms with van der Waals surface area (Å²) in [5, 5.41) is 9.81. The van der Waals surface area contributed by atoms with Crippen molar-refractivity contribution in [1.29, 1.82) is 0 Å². The number of nitrogens with zero attached hydrogens (tertiary/aromatic N) is 4. The first-order chi connectivity index (χ1) is 12.8. The number of hydrogen-bond acceptors (Lipinski definition) is 7. The van der Waals surface area contributed by atoms with Gasteiger partial charge in [-0.15, -0.1) is 21.5 Å². The van der Waals surface area contributed by atoms with Gasteiger partial charge in [0, 0.05) is 15.5 Å². The van der Waals surface area contributed by atoms with Crippen LogP contribution in [0.2, 0.25) is 5.02 Å². The number of halogens is 1. The minimum atomic E-state index is 0.164. The Balaban J connectivity index is 1.39. The highest BCUT2D eigenvalue weighted by Crippen LogP contribution is 2.40. The van der Waals surface area contributed by atoms with Gasteiger partial charge < -0.3 is 9.15 Å². The summed E-state index contributed by atoms with van der Waals surface area (Å²) in [6.07, 6.45) is 4.89. The average molecular weight is 385 g/mol. The zero-order valence-corrected chi connectivity index (χ0v) is 15.2. The Hall–Kier alpha value is -2.51. The van der Waals surface area contributed by atoms with E-state index in [0.29, 0.717) is 22.7 Å². The smallest absolute Gasteiger partial charge is 0.254 e. The van der Waals surface area contributed by atoms with Crippen molar-refractivity contribution in [1.82, 2.24) is 20.2 Å². The molecule has 0 radical (unpaired) electrons. The van der Waals surface area contributed by atoms with E-state index in [1.807, 2.05) is 12.1 Å². The summed E-state index contributed by atoms with van der Waals surface area (Å²) in [5.74, 6) is 1.42. The van der Waals surface area contributed by atoms with Gasteiger partial charge in [-0.2, -0.15) is 0 Å². The molecule has 3 aromatic heterocycles. The predicted octanol–water partition coefficient (Wildman–Crippen LogP) is 4.46. The number of rotatable bonds is 4. The van der Waals surface area contributed by atoms with Gasteiger partial charge in [0.25, 0.3) is 5.89 Å². The number of aromatic nitrogens is 4. The summed E-state index contributed by atoms with van der Waals surface area (Å²) in [6.45, 7) is 0.164. The lowest BCUT2D eigenvalue weighted by Crippen LogP contribution is -1.99. The summed E-state index contributed by atoms with van der Waals surface area (Å²) in [5.41, 5.74) is 2.14. The van der Waals surface area contributed by atoms with E-state index in [1.165, 1.54) is 23.2 Å². The first-order valence-electron chi connectivity index (χ1n) is 8.24. The van der Waals surface area contributed by atoms with Crippen molar-refractivity contribution >= 4 is 33.2 Å². The molecule has 1 aliphatic rings. The highest BCUT2D eigenvalue weighted by Gasteiger charge is 2.22. The van der Waals surface area contributed by atoms with Gasteiger partial charge >= 0.3 is 0 Å². The van der Waals surface area contributed by atoms with Crippen LogP contribution in [0.25, 0.3) is 21.7 Å². The molecule has 1 aliphatic carbocycles. The number of aryl methyl sites for hydroxylation is 2. The zero-order chi connectivity index (χ0) is 17.5. The molecule has 0 spiro atoms. The molecule has 5 rings (SSSR count). The molecule has 0 amide bonds. The van der Waals surface area contributed by atoms with E-state index < -0.39 is 0 Å². The Labute approximate surface area is 157 Å². The largest absolute Gasteiger partial charge is 0.467 e. The van der Waals surface area contributed by atoms with E-state index in [9.17, 15) is 0 Å². The van der Waals surface area contributed by atoms with Gasteiger partial charge in [-0.05, 0) is 49.1 Å². The topological polar surface area (TPSA) is 73.9 Å².